The fraction of sp³-hybridized carbons (Fsp3) is 0.400. The summed E-state index contributed by atoms with van der Waals surface area (Å²) in [5.41, 5.74) is 2.55. The maximum atomic E-state index is 12.6. The van der Waals surface area contributed by atoms with Crippen LogP contribution in [0.15, 0.2) is 54.6 Å². The van der Waals surface area contributed by atoms with Crippen molar-refractivity contribution in [3.63, 3.8) is 0 Å². The molecule has 1 amide bonds. The number of ether oxygens (including phenoxy) is 1. The molecule has 6 heteroatoms. The van der Waals surface area contributed by atoms with E-state index in [0.717, 1.165) is 35.9 Å². The number of aromatic nitrogens is 2. The van der Waals surface area contributed by atoms with Crippen molar-refractivity contribution in [3.8, 4) is 0 Å². The number of amides is 1. The topological polar surface area (TPSA) is 64.4 Å². The Morgan fingerprint density at radius 2 is 1.71 bits per heavy atom. The van der Waals surface area contributed by atoms with E-state index in [-0.39, 0.29) is 17.8 Å². The Morgan fingerprint density at radius 3 is 2.42 bits per heavy atom. The number of Topliss-reactive ketones (excluding diaryl/α,β-unsaturated/α-hetero) is 1. The van der Waals surface area contributed by atoms with Crippen molar-refractivity contribution in [1.82, 2.24) is 14.7 Å². The highest BCUT2D eigenvalue weighted by Crippen LogP contribution is 2.25. The minimum atomic E-state index is -0.253. The standard InChI is InChI=1S/C25H29N3O3/c1-18(2)24(29)23-21-10-6-7-11-22(21)28(26-23)16-19-12-14-27(15-13-19)25(30)31-17-20-8-4-3-5-9-20/h3-11,18-19H,12-17H2,1-2H3. The molecule has 0 N–H and O–H groups in total. The lowest BCUT2D eigenvalue weighted by Gasteiger charge is -2.31. The zero-order chi connectivity index (χ0) is 21.8. The van der Waals surface area contributed by atoms with E-state index < -0.39 is 0 Å². The van der Waals surface area contributed by atoms with Gasteiger partial charge in [0.15, 0.2) is 5.78 Å². The summed E-state index contributed by atoms with van der Waals surface area (Å²) in [6.07, 6.45) is 1.53. The van der Waals surface area contributed by atoms with Gasteiger partial charge >= 0.3 is 6.09 Å². The summed E-state index contributed by atoms with van der Waals surface area (Å²) in [5, 5.41) is 5.60. The molecule has 0 atom stereocenters. The van der Waals surface area contributed by atoms with Crippen molar-refractivity contribution in [1.29, 1.82) is 0 Å². The lowest BCUT2D eigenvalue weighted by atomic mass is 9.97. The Labute approximate surface area is 182 Å². The van der Waals surface area contributed by atoms with E-state index in [1.54, 1.807) is 4.90 Å². The number of fused-ring (bicyclic) bond motifs is 1. The van der Waals surface area contributed by atoms with E-state index in [9.17, 15) is 9.59 Å². The summed E-state index contributed by atoms with van der Waals surface area (Å²) in [5.74, 6) is 0.395. The molecule has 0 saturated carbocycles. The Morgan fingerprint density at radius 1 is 1.03 bits per heavy atom. The van der Waals surface area contributed by atoms with Crippen LogP contribution >= 0.6 is 0 Å². The number of benzene rings is 2. The van der Waals surface area contributed by atoms with Crippen LogP contribution in [0.5, 0.6) is 0 Å². The van der Waals surface area contributed by atoms with Gasteiger partial charge in [-0.15, -0.1) is 0 Å². The number of carbonyl (C=O) groups is 2. The van der Waals surface area contributed by atoms with Crippen LogP contribution in [0.3, 0.4) is 0 Å². The number of likely N-dealkylation sites (tertiary alicyclic amines) is 1. The second kappa shape index (κ2) is 9.33. The molecule has 0 spiro atoms. The monoisotopic (exact) mass is 419 g/mol. The van der Waals surface area contributed by atoms with Gasteiger partial charge in [0.05, 0.1) is 5.52 Å². The third kappa shape index (κ3) is 4.79. The highest BCUT2D eigenvalue weighted by molar-refractivity contribution is 6.06. The summed E-state index contributed by atoms with van der Waals surface area (Å²) in [6, 6.07) is 17.6. The van der Waals surface area contributed by atoms with Crippen molar-refractivity contribution in [2.24, 2.45) is 11.8 Å². The van der Waals surface area contributed by atoms with Crippen molar-refractivity contribution in [3.05, 3.63) is 65.9 Å². The molecule has 1 aliphatic rings. The molecule has 6 nitrogen and oxygen atoms in total. The lowest BCUT2D eigenvalue weighted by molar-refractivity contribution is 0.0803. The number of carbonyl (C=O) groups excluding carboxylic acids is 2. The van der Waals surface area contributed by atoms with Crippen LogP contribution < -0.4 is 0 Å². The lowest BCUT2D eigenvalue weighted by Crippen LogP contribution is -2.39. The first kappa shape index (κ1) is 21.1. The fourth-order valence-corrected chi connectivity index (χ4v) is 4.08. The van der Waals surface area contributed by atoms with Gasteiger partial charge in [-0.05, 0) is 30.4 Å². The Kier molecular flexibility index (Phi) is 6.35. The molecule has 31 heavy (non-hydrogen) atoms. The first-order valence-corrected chi connectivity index (χ1v) is 11.0. The molecular formula is C25H29N3O3. The molecule has 162 valence electrons. The van der Waals surface area contributed by atoms with Gasteiger partial charge < -0.3 is 9.64 Å². The van der Waals surface area contributed by atoms with Crippen LogP contribution in [-0.4, -0.2) is 39.6 Å². The number of rotatable bonds is 6. The Hall–Kier alpha value is -3.15. The van der Waals surface area contributed by atoms with Crippen LogP contribution in [-0.2, 0) is 17.9 Å². The Bertz CT molecular complexity index is 1050. The SMILES string of the molecule is CC(C)C(=O)c1nn(CC2CCN(C(=O)OCc3ccccc3)CC2)c2ccccc12. The molecule has 1 aromatic heterocycles. The minimum absolute atomic E-state index is 0.0749. The van der Waals surface area contributed by atoms with Gasteiger partial charge in [0.1, 0.15) is 12.3 Å². The number of hydrogen-bond acceptors (Lipinski definition) is 4. The van der Waals surface area contributed by atoms with Crippen LogP contribution in [0.1, 0.15) is 42.7 Å². The molecular weight excluding hydrogens is 390 g/mol. The number of hydrogen-bond donors (Lipinski definition) is 0. The highest BCUT2D eigenvalue weighted by atomic mass is 16.6. The zero-order valence-corrected chi connectivity index (χ0v) is 18.2. The largest absolute Gasteiger partial charge is 0.445 e. The number of piperidine rings is 1. The van der Waals surface area contributed by atoms with Crippen LogP contribution in [0.4, 0.5) is 4.79 Å². The van der Waals surface area contributed by atoms with Gasteiger partial charge in [-0.1, -0.05) is 62.4 Å². The maximum absolute atomic E-state index is 12.6. The van der Waals surface area contributed by atoms with Crippen LogP contribution in [0.2, 0.25) is 0 Å². The van der Waals surface area contributed by atoms with Crippen LogP contribution in [0, 0.1) is 11.8 Å². The van der Waals surface area contributed by atoms with Crippen molar-refractivity contribution >= 4 is 22.8 Å². The maximum Gasteiger partial charge on any atom is 0.410 e. The predicted molar refractivity (Wildman–Crippen MR) is 120 cm³/mol. The van der Waals surface area contributed by atoms with E-state index in [4.69, 9.17) is 4.74 Å². The smallest absolute Gasteiger partial charge is 0.410 e. The van der Waals surface area contributed by atoms with E-state index in [0.29, 0.717) is 31.3 Å². The normalized spacial score (nSPS) is 14.9. The summed E-state index contributed by atoms with van der Waals surface area (Å²) in [6.45, 7) is 6.21. The third-order valence-electron chi connectivity index (χ3n) is 5.92. The molecule has 1 saturated heterocycles. The van der Waals surface area contributed by atoms with E-state index in [1.807, 2.05) is 73.1 Å². The molecule has 0 radical (unpaired) electrons. The fourth-order valence-electron chi connectivity index (χ4n) is 4.08. The highest BCUT2D eigenvalue weighted by Gasteiger charge is 2.26. The van der Waals surface area contributed by atoms with Crippen molar-refractivity contribution in [2.45, 2.75) is 39.8 Å². The van der Waals surface area contributed by atoms with Gasteiger partial charge in [0.25, 0.3) is 0 Å². The predicted octanol–water partition coefficient (Wildman–Crippen LogP) is 4.92. The summed E-state index contributed by atoms with van der Waals surface area (Å²) >= 11 is 0. The molecule has 0 aliphatic carbocycles. The van der Waals surface area contributed by atoms with Gasteiger partial charge in [-0.3, -0.25) is 9.48 Å². The van der Waals surface area contributed by atoms with Crippen molar-refractivity contribution < 1.29 is 14.3 Å². The van der Waals surface area contributed by atoms with E-state index in [2.05, 4.69) is 5.10 Å². The molecule has 2 aromatic carbocycles. The molecule has 2 heterocycles. The average molecular weight is 420 g/mol. The Balaban J connectivity index is 1.36. The van der Waals surface area contributed by atoms with Gasteiger partial charge in [0, 0.05) is 30.9 Å². The molecule has 4 rings (SSSR count). The molecule has 1 aliphatic heterocycles. The first-order chi connectivity index (χ1) is 15.0. The quantitative estimate of drug-likeness (QED) is 0.532. The van der Waals surface area contributed by atoms with Gasteiger partial charge in [0.2, 0.25) is 0 Å². The van der Waals surface area contributed by atoms with Gasteiger partial charge in [-0.2, -0.15) is 5.10 Å². The second-order valence-electron chi connectivity index (χ2n) is 8.54. The second-order valence-corrected chi connectivity index (χ2v) is 8.54. The third-order valence-corrected chi connectivity index (χ3v) is 5.92. The van der Waals surface area contributed by atoms with E-state index >= 15 is 0 Å². The van der Waals surface area contributed by atoms with Crippen molar-refractivity contribution in [2.75, 3.05) is 13.1 Å². The van der Waals surface area contributed by atoms with Gasteiger partial charge in [-0.25, -0.2) is 4.79 Å². The number of ketones is 1. The summed E-state index contributed by atoms with van der Waals surface area (Å²) < 4.78 is 7.43. The molecule has 0 bridgehead atoms. The molecule has 3 aromatic rings. The summed E-state index contributed by atoms with van der Waals surface area (Å²) in [7, 11) is 0. The average Bonchev–Trinajstić information content (AvgIpc) is 3.16. The minimum Gasteiger partial charge on any atom is -0.445 e. The molecule has 1 fully saturated rings. The summed E-state index contributed by atoms with van der Waals surface area (Å²) in [4.78, 5) is 26.8. The van der Waals surface area contributed by atoms with E-state index in [1.165, 1.54) is 0 Å². The van der Waals surface area contributed by atoms with Crippen LogP contribution in [0.25, 0.3) is 10.9 Å². The molecule has 0 unspecified atom stereocenters. The first-order valence-electron chi connectivity index (χ1n) is 11.0. The zero-order valence-electron chi connectivity index (χ0n) is 18.2. The number of para-hydroxylation sites is 1. The number of nitrogens with zero attached hydrogens (tertiary/aromatic N) is 3.